The Balaban J connectivity index is 1.47. The highest BCUT2D eigenvalue weighted by atomic mass is 16.6. The molecule has 3 heterocycles. The number of Topliss-reactive ketones (excluding diaryl/α,β-unsaturated/α-hetero) is 2. The molecule has 1 saturated carbocycles. The van der Waals surface area contributed by atoms with E-state index in [9.17, 15) is 30.0 Å². The Labute approximate surface area is 181 Å². The van der Waals surface area contributed by atoms with Gasteiger partial charge in [-0.05, 0) is 13.8 Å². The van der Waals surface area contributed by atoms with Gasteiger partial charge in [-0.3, -0.25) is 9.59 Å². The van der Waals surface area contributed by atoms with Gasteiger partial charge in [-0.1, -0.05) is 6.58 Å². The Bertz CT molecular complexity index is 1260. The molecule has 0 amide bonds. The zero-order chi connectivity index (χ0) is 22.6. The van der Waals surface area contributed by atoms with Crippen molar-refractivity contribution < 1.29 is 44.2 Å². The van der Waals surface area contributed by atoms with Crippen LogP contribution >= 0.6 is 0 Å². The molecule has 1 aromatic carbocycles. The maximum absolute atomic E-state index is 13.6. The molecule has 8 atom stereocenters. The molecule has 6 aliphatic rings. The minimum absolute atomic E-state index is 0.0184. The van der Waals surface area contributed by atoms with E-state index in [4.69, 9.17) is 14.2 Å². The molecule has 9 heteroatoms. The molecule has 0 radical (unpaired) electrons. The van der Waals surface area contributed by atoms with Gasteiger partial charge in [0.25, 0.3) is 0 Å². The fourth-order valence-electron chi connectivity index (χ4n) is 6.89. The molecule has 0 aromatic heterocycles. The van der Waals surface area contributed by atoms with E-state index in [1.807, 2.05) is 0 Å². The third-order valence-corrected chi connectivity index (χ3v) is 8.33. The van der Waals surface area contributed by atoms with Crippen LogP contribution in [0.3, 0.4) is 0 Å². The van der Waals surface area contributed by atoms with Gasteiger partial charge in [0.05, 0.1) is 34.5 Å². The number of phenolic OH excluding ortho intramolecular Hbond substituents is 2. The fourth-order valence-corrected chi connectivity index (χ4v) is 6.89. The number of hydrogen-bond donors (Lipinski definition) is 4. The van der Waals surface area contributed by atoms with Gasteiger partial charge in [0, 0.05) is 28.7 Å². The Morgan fingerprint density at radius 3 is 2.38 bits per heavy atom. The molecule has 5 unspecified atom stereocenters. The van der Waals surface area contributed by atoms with Crippen LogP contribution in [0.15, 0.2) is 23.5 Å². The molecule has 2 saturated heterocycles. The van der Waals surface area contributed by atoms with Crippen molar-refractivity contribution in [3.63, 3.8) is 0 Å². The second-order valence-electron chi connectivity index (χ2n) is 9.57. The molecule has 3 aliphatic carbocycles. The van der Waals surface area contributed by atoms with Crippen molar-refractivity contribution in [2.24, 2.45) is 5.41 Å². The summed E-state index contributed by atoms with van der Waals surface area (Å²) >= 11 is 0. The lowest BCUT2D eigenvalue weighted by Gasteiger charge is -2.42. The predicted octanol–water partition coefficient (Wildman–Crippen LogP) is 1.10. The highest BCUT2D eigenvalue weighted by molar-refractivity contribution is 6.32. The Morgan fingerprint density at radius 1 is 1.03 bits per heavy atom. The summed E-state index contributed by atoms with van der Waals surface area (Å²) in [5, 5.41) is 43.9. The van der Waals surface area contributed by atoms with Crippen LogP contribution in [-0.4, -0.2) is 62.0 Å². The average Bonchev–Trinajstić information content (AvgIpc) is 2.95. The van der Waals surface area contributed by atoms with Gasteiger partial charge in [0.2, 0.25) is 0 Å². The lowest BCUT2D eigenvalue weighted by atomic mass is 9.61. The minimum atomic E-state index is -1.67. The molecule has 9 nitrogen and oxygen atoms in total. The number of benzene rings is 1. The van der Waals surface area contributed by atoms with Crippen LogP contribution in [0.5, 0.6) is 11.5 Å². The summed E-state index contributed by atoms with van der Waals surface area (Å²) in [6.45, 7) is 7.05. The molecule has 7 rings (SSSR count). The number of aliphatic hydroxyl groups excluding tert-OH is 1. The van der Waals surface area contributed by atoms with Gasteiger partial charge in [-0.25, -0.2) is 0 Å². The highest BCUT2D eigenvalue weighted by Crippen LogP contribution is 2.78. The van der Waals surface area contributed by atoms with Crippen molar-refractivity contribution in [3.05, 3.63) is 45.7 Å². The first-order valence-corrected chi connectivity index (χ1v) is 10.6. The standard InChI is InChI=1S/C23H20O9/c1-5-4-8-19(30-5)12-9(6(2)31-8)15(24)11-10(16(12)25)17(26)13-14(18(11)27)22-20(13)32-7(3)23(22,29)21(22)28/h6-8,19-21,24-25,28-29H,1,4H2,2-3H3/t6-,7?,8-,19+,20?,21?,22?,23?/m0/s1. The third-order valence-electron chi connectivity index (χ3n) is 8.33. The van der Waals surface area contributed by atoms with Gasteiger partial charge < -0.3 is 34.6 Å². The Kier molecular flexibility index (Phi) is 2.99. The summed E-state index contributed by atoms with van der Waals surface area (Å²) in [6.07, 6.45) is -4.49. The summed E-state index contributed by atoms with van der Waals surface area (Å²) in [6, 6.07) is 0. The van der Waals surface area contributed by atoms with Crippen molar-refractivity contribution in [3.8, 4) is 11.5 Å². The van der Waals surface area contributed by atoms with E-state index in [0.29, 0.717) is 12.2 Å². The molecular weight excluding hydrogens is 420 g/mol. The number of aliphatic hydroxyl groups is 2. The van der Waals surface area contributed by atoms with Crippen molar-refractivity contribution in [1.82, 2.24) is 0 Å². The first-order chi connectivity index (χ1) is 15.1. The van der Waals surface area contributed by atoms with E-state index < -0.39 is 70.7 Å². The van der Waals surface area contributed by atoms with Crippen LogP contribution in [0, 0.1) is 5.41 Å². The van der Waals surface area contributed by atoms with Crippen LogP contribution in [0.25, 0.3) is 0 Å². The van der Waals surface area contributed by atoms with Crippen molar-refractivity contribution in [1.29, 1.82) is 0 Å². The number of fused-ring (bicyclic) bond motifs is 5. The molecule has 0 bridgehead atoms. The fraction of sp³-hybridized carbons (Fsp3) is 0.478. The normalized spacial score (nSPS) is 44.7. The molecular formula is C23H20O9. The minimum Gasteiger partial charge on any atom is -0.507 e. The number of hydrogen-bond acceptors (Lipinski definition) is 9. The van der Waals surface area contributed by atoms with Crippen LogP contribution in [0.4, 0.5) is 0 Å². The van der Waals surface area contributed by atoms with Crippen LogP contribution in [-0.2, 0) is 14.2 Å². The largest absolute Gasteiger partial charge is 0.507 e. The smallest absolute Gasteiger partial charge is 0.196 e. The summed E-state index contributed by atoms with van der Waals surface area (Å²) in [5.41, 5.74) is -3.34. The number of aromatic hydroxyl groups is 2. The highest BCUT2D eigenvalue weighted by Gasteiger charge is 2.93. The van der Waals surface area contributed by atoms with Gasteiger partial charge in [-0.15, -0.1) is 0 Å². The van der Waals surface area contributed by atoms with E-state index in [2.05, 4.69) is 6.58 Å². The van der Waals surface area contributed by atoms with Crippen LogP contribution in [0.2, 0.25) is 0 Å². The zero-order valence-corrected chi connectivity index (χ0v) is 17.2. The quantitative estimate of drug-likeness (QED) is 0.436. The van der Waals surface area contributed by atoms with E-state index >= 15 is 0 Å². The molecule has 1 aromatic rings. The van der Waals surface area contributed by atoms with Gasteiger partial charge >= 0.3 is 0 Å². The number of ether oxygens (including phenoxy) is 3. The summed E-state index contributed by atoms with van der Waals surface area (Å²) < 4.78 is 17.4. The Hall–Kier alpha value is -2.72. The molecule has 1 spiro atoms. The second-order valence-corrected chi connectivity index (χ2v) is 9.57. The molecule has 32 heavy (non-hydrogen) atoms. The number of rotatable bonds is 0. The van der Waals surface area contributed by atoms with Crippen LogP contribution < -0.4 is 0 Å². The van der Waals surface area contributed by atoms with E-state index in [1.165, 1.54) is 0 Å². The predicted molar refractivity (Wildman–Crippen MR) is 104 cm³/mol. The number of carbonyl (C=O) groups excluding carboxylic acids is 2. The maximum Gasteiger partial charge on any atom is 0.196 e. The second kappa shape index (κ2) is 5.09. The van der Waals surface area contributed by atoms with Crippen molar-refractivity contribution >= 4 is 11.6 Å². The van der Waals surface area contributed by atoms with E-state index in [-0.39, 0.29) is 33.4 Å². The Morgan fingerprint density at radius 2 is 1.69 bits per heavy atom. The van der Waals surface area contributed by atoms with Crippen LogP contribution in [0.1, 0.15) is 64.3 Å². The first-order valence-electron chi connectivity index (χ1n) is 10.6. The molecule has 3 fully saturated rings. The number of ketones is 2. The summed E-state index contributed by atoms with van der Waals surface area (Å²) in [5.74, 6) is -1.81. The number of carbonyl (C=O) groups is 2. The van der Waals surface area contributed by atoms with Gasteiger partial charge in [0.15, 0.2) is 17.7 Å². The zero-order valence-electron chi connectivity index (χ0n) is 17.2. The van der Waals surface area contributed by atoms with E-state index in [0.717, 1.165) is 0 Å². The SMILES string of the molecule is C=C1C[C@@H]2O[C@@H](C)c3c(O)c4c(c(O)c3[C@@H]2O1)C(=O)C1=C(C4=O)C23C1OC(C)C2(O)C3O. The number of phenols is 2. The first kappa shape index (κ1) is 18.8. The van der Waals surface area contributed by atoms with Gasteiger partial charge in [-0.2, -0.15) is 0 Å². The lowest BCUT2D eigenvalue weighted by molar-refractivity contribution is -0.0628. The monoisotopic (exact) mass is 440 g/mol. The summed E-state index contributed by atoms with van der Waals surface area (Å²) in [4.78, 5) is 27.1. The third kappa shape index (κ3) is 1.55. The molecule has 166 valence electrons. The maximum atomic E-state index is 13.6. The average molecular weight is 440 g/mol. The molecule has 4 N–H and O–H groups in total. The lowest BCUT2D eigenvalue weighted by Crippen LogP contribution is -2.49. The molecule has 3 aliphatic heterocycles. The topological polar surface area (TPSA) is 143 Å². The van der Waals surface area contributed by atoms with Crippen molar-refractivity contribution in [2.75, 3.05) is 0 Å². The van der Waals surface area contributed by atoms with Gasteiger partial charge in [0.1, 0.15) is 35.4 Å². The van der Waals surface area contributed by atoms with E-state index in [1.54, 1.807) is 13.8 Å². The summed E-state index contributed by atoms with van der Waals surface area (Å²) in [7, 11) is 0. The van der Waals surface area contributed by atoms with Crippen molar-refractivity contribution in [2.45, 2.75) is 62.5 Å².